The van der Waals surface area contributed by atoms with Crippen LogP contribution in [0.5, 0.6) is 0 Å². The third kappa shape index (κ3) is 3.26. The van der Waals surface area contributed by atoms with Gasteiger partial charge in [-0.25, -0.2) is 0 Å². The van der Waals surface area contributed by atoms with Gasteiger partial charge in [-0.05, 0) is 31.2 Å². The van der Waals surface area contributed by atoms with E-state index >= 15 is 0 Å². The van der Waals surface area contributed by atoms with Gasteiger partial charge in [-0.1, -0.05) is 13.3 Å². The van der Waals surface area contributed by atoms with E-state index in [4.69, 9.17) is 0 Å². The summed E-state index contributed by atoms with van der Waals surface area (Å²) in [5, 5.41) is 0. The Morgan fingerprint density at radius 3 is 3.00 bits per heavy atom. The highest BCUT2D eigenvalue weighted by molar-refractivity contribution is 7.99. The van der Waals surface area contributed by atoms with Gasteiger partial charge < -0.3 is 0 Å². The van der Waals surface area contributed by atoms with Crippen molar-refractivity contribution in [2.45, 2.75) is 31.6 Å². The number of nitrogens with zero attached hydrogens (tertiary/aromatic N) is 1. The zero-order valence-electron chi connectivity index (χ0n) is 7.71. The zero-order chi connectivity index (χ0) is 8.81. The first-order valence-corrected chi connectivity index (χ1v) is 5.37. The first kappa shape index (κ1) is 9.59. The van der Waals surface area contributed by atoms with Crippen molar-refractivity contribution < 1.29 is 0 Å². The number of thioether (sulfide) groups is 1. The third-order valence-corrected chi connectivity index (χ3v) is 2.71. The first-order chi connectivity index (χ1) is 5.83. The molecule has 0 saturated carbocycles. The number of aryl methyl sites for hydroxylation is 1. The van der Waals surface area contributed by atoms with E-state index in [9.17, 15) is 0 Å². The van der Waals surface area contributed by atoms with Crippen molar-refractivity contribution in [3.63, 3.8) is 0 Å². The van der Waals surface area contributed by atoms with Crippen molar-refractivity contribution >= 4 is 11.8 Å². The molecule has 1 rings (SSSR count). The molecule has 0 N–H and O–H groups in total. The maximum absolute atomic E-state index is 4.15. The lowest BCUT2D eigenvalue weighted by Crippen LogP contribution is -1.82. The van der Waals surface area contributed by atoms with Crippen molar-refractivity contribution in [2.75, 3.05) is 5.75 Å². The van der Waals surface area contributed by atoms with Gasteiger partial charge in [0.25, 0.3) is 0 Å². The molecule has 0 aliphatic rings. The first-order valence-electron chi connectivity index (χ1n) is 4.38. The number of hydrogen-bond donors (Lipinski definition) is 0. The normalized spacial score (nSPS) is 10.2. The van der Waals surface area contributed by atoms with Crippen molar-refractivity contribution in [2.24, 2.45) is 0 Å². The molecule has 0 bridgehead atoms. The van der Waals surface area contributed by atoms with E-state index in [0.717, 1.165) is 5.69 Å². The van der Waals surface area contributed by atoms with Gasteiger partial charge in [-0.3, -0.25) is 4.98 Å². The zero-order valence-corrected chi connectivity index (χ0v) is 8.53. The minimum Gasteiger partial charge on any atom is -0.262 e. The molecular formula is C10H15NS. The van der Waals surface area contributed by atoms with E-state index in [-0.39, 0.29) is 0 Å². The molecule has 0 aliphatic carbocycles. The molecule has 0 radical (unpaired) electrons. The maximum Gasteiger partial charge on any atom is 0.0383 e. The summed E-state index contributed by atoms with van der Waals surface area (Å²) >= 11 is 1.92. The summed E-state index contributed by atoms with van der Waals surface area (Å²) in [6.07, 6.45) is 4.45. The van der Waals surface area contributed by atoms with Gasteiger partial charge in [0.1, 0.15) is 0 Å². The Bertz CT molecular complexity index is 235. The minimum absolute atomic E-state index is 1.11. The lowest BCUT2D eigenvalue weighted by molar-refractivity contribution is 0.896. The van der Waals surface area contributed by atoms with Crippen LogP contribution in [0.2, 0.25) is 0 Å². The van der Waals surface area contributed by atoms with Crippen LogP contribution >= 0.6 is 11.8 Å². The maximum atomic E-state index is 4.15. The standard InChI is InChI=1S/C10H15NS/c1-3-4-7-12-10-5-6-11-9(2)8-10/h5-6,8H,3-4,7H2,1-2H3. The summed E-state index contributed by atoms with van der Waals surface area (Å²) in [7, 11) is 0. The van der Waals surface area contributed by atoms with Crippen molar-refractivity contribution in [3.8, 4) is 0 Å². The fourth-order valence-corrected chi connectivity index (χ4v) is 2.02. The van der Waals surface area contributed by atoms with E-state index in [0.29, 0.717) is 0 Å². The topological polar surface area (TPSA) is 12.9 Å². The fourth-order valence-electron chi connectivity index (χ4n) is 0.944. The van der Waals surface area contributed by atoms with Gasteiger partial charge in [0.2, 0.25) is 0 Å². The lowest BCUT2D eigenvalue weighted by Gasteiger charge is -2.00. The van der Waals surface area contributed by atoms with Gasteiger partial charge >= 0.3 is 0 Å². The Balaban J connectivity index is 2.41. The highest BCUT2D eigenvalue weighted by atomic mass is 32.2. The van der Waals surface area contributed by atoms with Gasteiger partial charge in [-0.15, -0.1) is 11.8 Å². The van der Waals surface area contributed by atoms with Crippen LogP contribution in [-0.2, 0) is 0 Å². The van der Waals surface area contributed by atoms with Gasteiger partial charge in [0.15, 0.2) is 0 Å². The van der Waals surface area contributed by atoms with Crippen molar-refractivity contribution in [1.29, 1.82) is 0 Å². The van der Waals surface area contributed by atoms with Crippen LogP contribution < -0.4 is 0 Å². The number of pyridine rings is 1. The van der Waals surface area contributed by atoms with Gasteiger partial charge in [-0.2, -0.15) is 0 Å². The summed E-state index contributed by atoms with van der Waals surface area (Å²) in [4.78, 5) is 5.50. The monoisotopic (exact) mass is 181 g/mol. The fraction of sp³-hybridized carbons (Fsp3) is 0.500. The predicted octanol–water partition coefficient (Wildman–Crippen LogP) is 3.28. The molecule has 66 valence electrons. The average Bonchev–Trinajstić information content (AvgIpc) is 2.05. The molecule has 0 spiro atoms. The second-order valence-corrected chi connectivity index (χ2v) is 4.00. The summed E-state index contributed by atoms with van der Waals surface area (Å²) < 4.78 is 0. The van der Waals surface area contributed by atoms with Crippen LogP contribution in [0.4, 0.5) is 0 Å². The Labute approximate surface area is 78.6 Å². The molecule has 1 aromatic rings. The quantitative estimate of drug-likeness (QED) is 0.522. The second kappa shape index (κ2) is 5.20. The molecule has 0 atom stereocenters. The van der Waals surface area contributed by atoms with Crippen LogP contribution in [0.15, 0.2) is 23.2 Å². The Morgan fingerprint density at radius 2 is 2.33 bits per heavy atom. The third-order valence-electron chi connectivity index (χ3n) is 1.63. The Hall–Kier alpha value is -0.500. The van der Waals surface area contributed by atoms with Crippen LogP contribution in [0.25, 0.3) is 0 Å². The number of hydrogen-bond acceptors (Lipinski definition) is 2. The highest BCUT2D eigenvalue weighted by Gasteiger charge is 1.93. The van der Waals surface area contributed by atoms with E-state index in [2.05, 4.69) is 24.0 Å². The SMILES string of the molecule is CCCCSc1ccnc(C)c1. The molecule has 12 heavy (non-hydrogen) atoms. The largest absolute Gasteiger partial charge is 0.262 e. The van der Waals surface area contributed by atoms with Crippen LogP contribution in [0.1, 0.15) is 25.5 Å². The minimum atomic E-state index is 1.11. The number of unbranched alkanes of at least 4 members (excludes halogenated alkanes) is 1. The molecule has 0 amide bonds. The molecule has 0 unspecified atom stereocenters. The van der Waals surface area contributed by atoms with E-state index in [1.807, 2.05) is 24.9 Å². The van der Waals surface area contributed by atoms with E-state index in [1.54, 1.807) is 0 Å². The Morgan fingerprint density at radius 1 is 1.50 bits per heavy atom. The highest BCUT2D eigenvalue weighted by Crippen LogP contribution is 2.18. The molecule has 1 aromatic heterocycles. The molecule has 1 heterocycles. The molecule has 1 nitrogen and oxygen atoms in total. The molecule has 0 saturated heterocycles. The van der Waals surface area contributed by atoms with Crippen LogP contribution in [0.3, 0.4) is 0 Å². The van der Waals surface area contributed by atoms with Crippen molar-refractivity contribution in [1.82, 2.24) is 4.98 Å². The van der Waals surface area contributed by atoms with Crippen LogP contribution in [-0.4, -0.2) is 10.7 Å². The average molecular weight is 181 g/mol. The van der Waals surface area contributed by atoms with E-state index in [1.165, 1.54) is 23.5 Å². The molecular weight excluding hydrogens is 166 g/mol. The Kier molecular flexibility index (Phi) is 4.15. The summed E-state index contributed by atoms with van der Waals surface area (Å²) in [5.74, 6) is 1.22. The smallest absolute Gasteiger partial charge is 0.0383 e. The molecule has 0 aromatic carbocycles. The number of rotatable bonds is 4. The molecule has 0 aliphatic heterocycles. The van der Waals surface area contributed by atoms with Crippen molar-refractivity contribution in [3.05, 3.63) is 24.0 Å². The summed E-state index contributed by atoms with van der Waals surface area (Å²) in [6, 6.07) is 4.22. The summed E-state index contributed by atoms with van der Waals surface area (Å²) in [5.41, 5.74) is 1.11. The predicted molar refractivity (Wildman–Crippen MR) is 54.6 cm³/mol. The second-order valence-electron chi connectivity index (χ2n) is 2.83. The van der Waals surface area contributed by atoms with Crippen LogP contribution in [0, 0.1) is 6.92 Å². The number of aromatic nitrogens is 1. The van der Waals surface area contributed by atoms with E-state index < -0.39 is 0 Å². The molecule has 0 fully saturated rings. The summed E-state index contributed by atoms with van der Waals surface area (Å²) in [6.45, 7) is 4.25. The lowest BCUT2D eigenvalue weighted by atomic mass is 10.4. The van der Waals surface area contributed by atoms with Gasteiger partial charge in [0.05, 0.1) is 0 Å². The van der Waals surface area contributed by atoms with Gasteiger partial charge in [0, 0.05) is 16.8 Å². The molecule has 2 heteroatoms.